The van der Waals surface area contributed by atoms with Crippen molar-refractivity contribution in [3.8, 4) is 0 Å². The minimum Gasteiger partial charge on any atom is -0.0654 e. The maximum absolute atomic E-state index is 8.32. The molecule has 0 saturated carbocycles. The summed E-state index contributed by atoms with van der Waals surface area (Å²) in [5, 5.41) is 0. The van der Waals surface area contributed by atoms with E-state index in [1.807, 2.05) is 0 Å². The van der Waals surface area contributed by atoms with E-state index in [1.165, 1.54) is 0 Å². The van der Waals surface area contributed by atoms with E-state index in [2.05, 4.69) is 0 Å². The summed E-state index contributed by atoms with van der Waals surface area (Å²) in [5.41, 5.74) is 0. The lowest BCUT2D eigenvalue weighted by atomic mass is 10.0. The Labute approximate surface area is 207 Å². The molecule has 0 radical (unpaired) electrons. The van der Waals surface area contributed by atoms with Gasteiger partial charge in [0.25, 0.3) is 0 Å². The maximum Gasteiger partial charge on any atom is 0.0267 e. The Balaban J connectivity index is 8.09. The van der Waals surface area contributed by atoms with Crippen LogP contribution in [0.25, 0.3) is 0 Å². The van der Waals surface area contributed by atoms with Crippen LogP contribution >= 0.6 is 0 Å². The summed E-state index contributed by atoms with van der Waals surface area (Å²) >= 11 is 0. The van der Waals surface area contributed by atoms with Crippen molar-refractivity contribution in [3.63, 3.8) is 0 Å². The molecule has 0 fully saturated rings. The standard InChI is InChI=1S/C22H46/c1-3-5-7-9-11-13-15-17-19-21-22-20-18-16-14-12-10-8-6-4-2/h3-22H2,1-2H3/i1D3,2D3,3D2,4D2,5D2,6D2,7D2,8D2,9D2,10D2,11D2,12D2,13D2,14D2,15D2,16D2,17D2,18D2,19D2,20D2,21D2,22D2. The molecular formula is C22H46. The first kappa shape index (κ1) is 2.16. The summed E-state index contributed by atoms with van der Waals surface area (Å²) in [7, 11) is 0. The fourth-order valence-corrected chi connectivity index (χ4v) is 0.562. The highest BCUT2D eigenvalue weighted by Gasteiger charge is 1.94. The van der Waals surface area contributed by atoms with Gasteiger partial charge < -0.3 is 0 Å². The van der Waals surface area contributed by atoms with Crippen LogP contribution in [0, 0.1) is 0 Å². The number of hydrogen-bond acceptors (Lipinski definition) is 0. The molecule has 0 heterocycles. The van der Waals surface area contributed by atoms with E-state index < -0.39 is 141 Å². The molecule has 22 heavy (non-hydrogen) atoms. The van der Waals surface area contributed by atoms with Gasteiger partial charge in [0.05, 0.1) is 0 Å². The second-order valence-corrected chi connectivity index (χ2v) is 2.50. The Morgan fingerprint density at radius 3 is 0.727 bits per heavy atom. The lowest BCUT2D eigenvalue weighted by Gasteiger charge is -2.03. The predicted octanol–water partition coefficient (Wildman–Crippen LogP) is 8.83. The second-order valence-electron chi connectivity index (χ2n) is 2.50. The van der Waals surface area contributed by atoms with Crippen molar-refractivity contribution in [2.45, 2.75) is 141 Å². The molecule has 0 rings (SSSR count). The number of hydrogen-bond donors (Lipinski definition) is 0. The van der Waals surface area contributed by atoms with Crippen LogP contribution in [0.1, 0.15) is 204 Å². The molecule has 0 aliphatic heterocycles. The summed E-state index contributed by atoms with van der Waals surface area (Å²) in [6.07, 6.45) is -103. The minimum atomic E-state index is -5.44. The van der Waals surface area contributed by atoms with Crippen molar-refractivity contribution in [3.05, 3.63) is 0 Å². The Bertz CT molecular complexity index is 1690. The summed E-state index contributed by atoms with van der Waals surface area (Å²) in [4.78, 5) is 0. The lowest BCUT2D eigenvalue weighted by Crippen LogP contribution is -1.84. The molecule has 134 valence electrons. The molecule has 0 unspecified atom stereocenters. The van der Waals surface area contributed by atoms with Crippen LogP contribution in [0.3, 0.4) is 0 Å². The highest BCUT2D eigenvalue weighted by molar-refractivity contribution is 4.50. The molecule has 0 atom stereocenters. The summed E-state index contributed by atoms with van der Waals surface area (Å²) in [6.45, 7) is -8.42. The third-order valence-electron chi connectivity index (χ3n) is 1.19. The fourth-order valence-electron chi connectivity index (χ4n) is 0.562. The van der Waals surface area contributed by atoms with Crippen LogP contribution in [-0.4, -0.2) is 0 Å². The normalized spacial score (nSPS) is 56.4. The highest BCUT2D eigenvalue weighted by Crippen LogP contribution is 2.14. The lowest BCUT2D eigenvalue weighted by molar-refractivity contribution is 0.523. The Morgan fingerprint density at radius 2 is 0.545 bits per heavy atom. The van der Waals surface area contributed by atoms with E-state index in [0.717, 1.165) is 0 Å². The first-order valence-electron chi connectivity index (χ1n) is 28.2. The minimum absolute atomic E-state index is 4.21. The molecule has 0 spiro atoms. The summed E-state index contributed by atoms with van der Waals surface area (Å²) in [6, 6.07) is 0. The topological polar surface area (TPSA) is 0 Å². The molecule has 0 N–H and O–H groups in total. The van der Waals surface area contributed by atoms with Crippen molar-refractivity contribution in [2.24, 2.45) is 0 Å². The average molecular weight is 357 g/mol. The molecule has 0 saturated heterocycles. The maximum atomic E-state index is 8.32. The summed E-state index contributed by atoms with van der Waals surface area (Å²) < 4.78 is 369. The molecule has 0 aromatic rings. The van der Waals surface area contributed by atoms with Crippen molar-refractivity contribution < 1.29 is 63.1 Å². The van der Waals surface area contributed by atoms with E-state index in [-0.39, 0.29) is 0 Å². The fraction of sp³-hybridized carbons (Fsp3) is 1.00. The molecule has 0 heteroatoms. The Hall–Kier alpha value is 0. The van der Waals surface area contributed by atoms with E-state index >= 15 is 0 Å². The second kappa shape index (κ2) is 21.0. The molecule has 0 aliphatic rings. The van der Waals surface area contributed by atoms with Gasteiger partial charge in [-0.15, -0.1) is 0 Å². The third-order valence-corrected chi connectivity index (χ3v) is 1.19. The van der Waals surface area contributed by atoms with Crippen LogP contribution in [-0.2, 0) is 0 Å². The quantitative estimate of drug-likeness (QED) is 0.217. The Morgan fingerprint density at radius 1 is 0.364 bits per heavy atom. The van der Waals surface area contributed by atoms with Crippen molar-refractivity contribution >= 4 is 0 Å². The van der Waals surface area contributed by atoms with Gasteiger partial charge in [0.2, 0.25) is 0 Å². The van der Waals surface area contributed by atoms with Crippen molar-refractivity contribution in [1.82, 2.24) is 0 Å². The molecule has 0 aliphatic carbocycles. The predicted molar refractivity (Wildman–Crippen MR) is 104 cm³/mol. The van der Waals surface area contributed by atoms with E-state index in [1.54, 1.807) is 0 Å². The first-order chi connectivity index (χ1) is 28.2. The smallest absolute Gasteiger partial charge is 0.0267 e. The SMILES string of the molecule is [2H]C([2H])([2H])C([2H])([2H])C([2H])([2H])C([2H])([2H])C([2H])([2H])C([2H])([2H])C([2H])([2H])C([2H])([2H])C([2H])([2H])C([2H])([2H])C([2H])([2H])C([2H])([2H])C([2H])([2H])C([2H])([2H])C([2H])([2H])C([2H])([2H])C([2H])([2H])C([2H])([2H])C([2H])([2H])C([2H])([2H])C([2H])([2H])C([2H])([2H])[2H]. The molecule has 0 nitrogen and oxygen atoms in total. The monoisotopic (exact) mass is 357 g/mol. The van der Waals surface area contributed by atoms with Gasteiger partial charge >= 0.3 is 0 Å². The zero-order valence-electron chi connectivity index (χ0n) is 57.0. The molecule has 0 aromatic carbocycles. The van der Waals surface area contributed by atoms with Crippen molar-refractivity contribution in [2.75, 3.05) is 0 Å². The van der Waals surface area contributed by atoms with Gasteiger partial charge in [-0.05, 0) is 0 Å². The summed E-state index contributed by atoms with van der Waals surface area (Å²) in [5.74, 6) is 0. The van der Waals surface area contributed by atoms with Gasteiger partial charge in [0.1, 0.15) is 0 Å². The van der Waals surface area contributed by atoms with Gasteiger partial charge in [-0.25, -0.2) is 0 Å². The largest absolute Gasteiger partial charge is 0.0654 e. The highest BCUT2D eigenvalue weighted by atomic mass is 14.0. The van der Waals surface area contributed by atoms with Crippen molar-refractivity contribution in [1.29, 1.82) is 0 Å². The zero-order valence-corrected chi connectivity index (χ0v) is 11.0. The molecular weight excluding hydrogens is 264 g/mol. The first-order valence-corrected chi connectivity index (χ1v) is 5.25. The third kappa shape index (κ3) is 20.0. The van der Waals surface area contributed by atoms with Crippen LogP contribution < -0.4 is 0 Å². The molecule has 0 amide bonds. The van der Waals surface area contributed by atoms with Crippen LogP contribution in [0.5, 0.6) is 0 Å². The Kier molecular flexibility index (Phi) is 2.06. The van der Waals surface area contributed by atoms with Gasteiger partial charge in [0.15, 0.2) is 0 Å². The van der Waals surface area contributed by atoms with E-state index in [4.69, 9.17) is 63.1 Å². The van der Waals surface area contributed by atoms with Gasteiger partial charge in [0, 0.05) is 63.1 Å². The van der Waals surface area contributed by atoms with E-state index in [0.29, 0.717) is 0 Å². The molecule has 0 aromatic heterocycles. The van der Waals surface area contributed by atoms with Crippen LogP contribution in [0.2, 0.25) is 0 Å². The van der Waals surface area contributed by atoms with Gasteiger partial charge in [-0.1, -0.05) is 141 Å². The van der Waals surface area contributed by atoms with Gasteiger partial charge in [-0.2, -0.15) is 0 Å². The average Bonchev–Trinajstić information content (AvgIpc) is 3.08. The van der Waals surface area contributed by atoms with Gasteiger partial charge in [-0.3, -0.25) is 0 Å². The van der Waals surface area contributed by atoms with Crippen LogP contribution in [0.4, 0.5) is 0 Å². The zero-order chi connectivity index (χ0) is 57.0. The van der Waals surface area contributed by atoms with E-state index in [9.17, 15) is 0 Å². The molecule has 0 bridgehead atoms. The van der Waals surface area contributed by atoms with Crippen LogP contribution in [0.15, 0.2) is 0 Å². The number of rotatable bonds is 19.